The highest BCUT2D eigenvalue weighted by atomic mass is 35.5. The van der Waals surface area contributed by atoms with Crippen LogP contribution in [-0.2, 0) is 6.61 Å². The van der Waals surface area contributed by atoms with Crippen molar-refractivity contribution in [2.45, 2.75) is 20.5 Å². The number of hydrogen-bond acceptors (Lipinski definition) is 4. The molecule has 0 bridgehead atoms. The molecular formula is C21H18ClNO4. The van der Waals surface area contributed by atoms with Gasteiger partial charge in [0.1, 0.15) is 18.1 Å². The van der Waals surface area contributed by atoms with E-state index in [1.54, 1.807) is 48.5 Å². The Hall–Kier alpha value is -3.05. The number of furan rings is 1. The molecule has 0 unspecified atom stereocenters. The minimum absolute atomic E-state index is 0.0283. The summed E-state index contributed by atoms with van der Waals surface area (Å²) in [5, 5.41) is 3.37. The van der Waals surface area contributed by atoms with Crippen LogP contribution in [0.3, 0.4) is 0 Å². The predicted octanol–water partition coefficient (Wildman–Crippen LogP) is 5.28. The van der Waals surface area contributed by atoms with Gasteiger partial charge in [-0.05, 0) is 74.0 Å². The van der Waals surface area contributed by atoms with E-state index in [0.717, 1.165) is 5.56 Å². The third kappa shape index (κ3) is 4.77. The maximum Gasteiger partial charge on any atom is 0.291 e. The van der Waals surface area contributed by atoms with Crippen LogP contribution in [0, 0.1) is 6.92 Å². The first-order valence-corrected chi connectivity index (χ1v) is 8.70. The quantitative estimate of drug-likeness (QED) is 0.588. The van der Waals surface area contributed by atoms with Crippen molar-refractivity contribution in [3.05, 3.63) is 82.3 Å². The van der Waals surface area contributed by atoms with Gasteiger partial charge < -0.3 is 14.5 Å². The lowest BCUT2D eigenvalue weighted by atomic mass is 10.1. The number of benzene rings is 2. The molecule has 0 aliphatic heterocycles. The van der Waals surface area contributed by atoms with Gasteiger partial charge in [-0.15, -0.1) is 0 Å². The summed E-state index contributed by atoms with van der Waals surface area (Å²) in [4.78, 5) is 23.6. The van der Waals surface area contributed by atoms with Crippen molar-refractivity contribution in [2.75, 3.05) is 5.32 Å². The lowest BCUT2D eigenvalue weighted by Crippen LogP contribution is -2.11. The number of aryl methyl sites for hydroxylation is 1. The fraction of sp³-hybridized carbons (Fsp3) is 0.143. The zero-order chi connectivity index (χ0) is 19.4. The van der Waals surface area contributed by atoms with E-state index in [-0.39, 0.29) is 24.1 Å². The van der Waals surface area contributed by atoms with Crippen molar-refractivity contribution in [3.63, 3.8) is 0 Å². The fourth-order valence-corrected chi connectivity index (χ4v) is 2.71. The van der Waals surface area contributed by atoms with Crippen LogP contribution in [0.5, 0.6) is 5.75 Å². The zero-order valence-electron chi connectivity index (χ0n) is 14.9. The lowest BCUT2D eigenvalue weighted by Gasteiger charge is -2.08. The molecule has 2 aromatic carbocycles. The Morgan fingerprint density at radius 3 is 2.48 bits per heavy atom. The molecule has 0 aliphatic carbocycles. The molecular weight excluding hydrogens is 366 g/mol. The molecule has 0 aliphatic rings. The standard InChI is InChI=1S/C21H18ClNO4/c1-13-11-16(22)5-9-19(13)26-12-18-8-10-20(27-18)21(25)23-17-6-3-15(4-7-17)14(2)24/h3-11H,12H2,1-2H3,(H,23,25). The maximum absolute atomic E-state index is 12.3. The number of carbonyl (C=O) groups is 2. The van der Waals surface area contributed by atoms with Gasteiger partial charge in [-0.1, -0.05) is 11.6 Å². The Labute approximate surface area is 161 Å². The summed E-state index contributed by atoms with van der Waals surface area (Å²) in [6.07, 6.45) is 0. The van der Waals surface area contributed by atoms with E-state index in [1.165, 1.54) is 6.92 Å². The van der Waals surface area contributed by atoms with E-state index < -0.39 is 0 Å². The van der Waals surface area contributed by atoms with Crippen molar-refractivity contribution in [2.24, 2.45) is 0 Å². The molecule has 3 aromatic rings. The van der Waals surface area contributed by atoms with Crippen LogP contribution in [-0.4, -0.2) is 11.7 Å². The molecule has 0 spiro atoms. The van der Waals surface area contributed by atoms with Gasteiger partial charge >= 0.3 is 0 Å². The second-order valence-electron chi connectivity index (χ2n) is 6.05. The Balaban J connectivity index is 1.61. The van der Waals surface area contributed by atoms with Gasteiger partial charge in [0, 0.05) is 16.3 Å². The third-order valence-electron chi connectivity index (χ3n) is 3.94. The number of ketones is 1. The van der Waals surface area contributed by atoms with Crippen LogP contribution in [0.2, 0.25) is 5.02 Å². The van der Waals surface area contributed by atoms with Crippen LogP contribution >= 0.6 is 11.6 Å². The summed E-state index contributed by atoms with van der Waals surface area (Å²) in [6, 6.07) is 15.3. The molecule has 0 saturated carbocycles. The lowest BCUT2D eigenvalue weighted by molar-refractivity contribution is 0.0990. The maximum atomic E-state index is 12.3. The molecule has 1 aromatic heterocycles. The average molecular weight is 384 g/mol. The van der Waals surface area contributed by atoms with E-state index in [9.17, 15) is 9.59 Å². The summed E-state index contributed by atoms with van der Waals surface area (Å²) in [5.74, 6) is 1.00. The minimum Gasteiger partial charge on any atom is -0.485 e. The number of nitrogens with one attached hydrogen (secondary N) is 1. The van der Waals surface area contributed by atoms with E-state index in [4.69, 9.17) is 20.8 Å². The number of amides is 1. The highest BCUT2D eigenvalue weighted by Gasteiger charge is 2.12. The summed E-state index contributed by atoms with van der Waals surface area (Å²) < 4.78 is 11.3. The first kappa shape index (κ1) is 18.7. The molecule has 6 heteroatoms. The highest BCUT2D eigenvalue weighted by molar-refractivity contribution is 6.30. The molecule has 0 radical (unpaired) electrons. The highest BCUT2D eigenvalue weighted by Crippen LogP contribution is 2.23. The molecule has 5 nitrogen and oxygen atoms in total. The van der Waals surface area contributed by atoms with Crippen LogP contribution < -0.4 is 10.1 Å². The average Bonchev–Trinajstić information content (AvgIpc) is 3.10. The van der Waals surface area contributed by atoms with Crippen molar-refractivity contribution in [3.8, 4) is 5.75 Å². The topological polar surface area (TPSA) is 68.5 Å². The van der Waals surface area contributed by atoms with Crippen molar-refractivity contribution in [1.29, 1.82) is 0 Å². The largest absolute Gasteiger partial charge is 0.485 e. The first-order valence-electron chi connectivity index (χ1n) is 8.32. The van der Waals surface area contributed by atoms with Gasteiger partial charge in [0.05, 0.1) is 0 Å². The van der Waals surface area contributed by atoms with Crippen LogP contribution in [0.25, 0.3) is 0 Å². The number of hydrogen-bond donors (Lipinski definition) is 1. The number of anilines is 1. The third-order valence-corrected chi connectivity index (χ3v) is 4.18. The minimum atomic E-state index is -0.375. The van der Waals surface area contributed by atoms with Crippen LogP contribution in [0.1, 0.15) is 39.2 Å². The molecule has 1 amide bonds. The number of rotatable bonds is 6. The van der Waals surface area contributed by atoms with E-state index in [2.05, 4.69) is 5.32 Å². The van der Waals surface area contributed by atoms with Gasteiger partial charge in [0.25, 0.3) is 5.91 Å². The fourth-order valence-electron chi connectivity index (χ4n) is 2.48. The summed E-state index contributed by atoms with van der Waals surface area (Å²) >= 11 is 5.93. The molecule has 27 heavy (non-hydrogen) atoms. The van der Waals surface area contributed by atoms with E-state index in [0.29, 0.717) is 27.8 Å². The molecule has 138 valence electrons. The number of halogens is 1. The number of ether oxygens (including phenoxy) is 1. The summed E-state index contributed by atoms with van der Waals surface area (Å²) in [5.41, 5.74) is 2.08. The second kappa shape index (κ2) is 8.10. The van der Waals surface area contributed by atoms with Crippen LogP contribution in [0.4, 0.5) is 5.69 Å². The number of Topliss-reactive ketones (excluding diaryl/α,β-unsaturated/α-hetero) is 1. The smallest absolute Gasteiger partial charge is 0.291 e. The van der Waals surface area contributed by atoms with Crippen molar-refractivity contribution < 1.29 is 18.7 Å². The summed E-state index contributed by atoms with van der Waals surface area (Å²) in [7, 11) is 0. The Kier molecular flexibility index (Phi) is 5.62. The second-order valence-corrected chi connectivity index (χ2v) is 6.49. The Morgan fingerprint density at radius 2 is 1.81 bits per heavy atom. The molecule has 0 fully saturated rings. The molecule has 0 saturated heterocycles. The van der Waals surface area contributed by atoms with Gasteiger partial charge in [-0.25, -0.2) is 0 Å². The van der Waals surface area contributed by atoms with Crippen molar-refractivity contribution >= 4 is 29.0 Å². The van der Waals surface area contributed by atoms with Gasteiger partial charge in [-0.3, -0.25) is 9.59 Å². The molecule has 1 heterocycles. The van der Waals surface area contributed by atoms with E-state index in [1.807, 2.05) is 13.0 Å². The Morgan fingerprint density at radius 1 is 1.07 bits per heavy atom. The number of carbonyl (C=O) groups excluding carboxylic acids is 2. The van der Waals surface area contributed by atoms with E-state index >= 15 is 0 Å². The SMILES string of the molecule is CC(=O)c1ccc(NC(=O)c2ccc(COc3ccc(Cl)cc3C)o2)cc1. The monoisotopic (exact) mass is 383 g/mol. The molecule has 3 rings (SSSR count). The van der Waals surface area contributed by atoms with Crippen LogP contribution in [0.15, 0.2) is 59.0 Å². The first-order chi connectivity index (χ1) is 12.9. The van der Waals surface area contributed by atoms with Gasteiger partial charge in [-0.2, -0.15) is 0 Å². The normalized spacial score (nSPS) is 10.5. The molecule has 0 atom stereocenters. The Bertz CT molecular complexity index is 976. The van der Waals surface area contributed by atoms with Gasteiger partial charge in [0.15, 0.2) is 11.5 Å². The molecule has 1 N–H and O–H groups in total. The summed E-state index contributed by atoms with van der Waals surface area (Å²) in [6.45, 7) is 3.59. The zero-order valence-corrected chi connectivity index (χ0v) is 15.7. The van der Waals surface area contributed by atoms with Gasteiger partial charge in [0.2, 0.25) is 0 Å². The van der Waals surface area contributed by atoms with Crippen molar-refractivity contribution in [1.82, 2.24) is 0 Å². The predicted molar refractivity (Wildman–Crippen MR) is 104 cm³/mol.